The minimum absolute atomic E-state index is 0.259. The van der Waals surface area contributed by atoms with Gasteiger partial charge in [-0.05, 0) is 12.1 Å². The highest BCUT2D eigenvalue weighted by Crippen LogP contribution is 2.34. The van der Waals surface area contributed by atoms with Crippen molar-refractivity contribution in [1.82, 2.24) is 20.1 Å². The predicted molar refractivity (Wildman–Crippen MR) is 72.3 cm³/mol. The summed E-state index contributed by atoms with van der Waals surface area (Å²) in [5, 5.41) is 4.27. The van der Waals surface area contributed by atoms with E-state index < -0.39 is 0 Å². The lowest BCUT2D eigenvalue weighted by Gasteiger charge is -2.04. The van der Waals surface area contributed by atoms with Crippen LogP contribution >= 0.6 is 11.6 Å². The van der Waals surface area contributed by atoms with Gasteiger partial charge in [0.2, 0.25) is 5.82 Å². The summed E-state index contributed by atoms with van der Waals surface area (Å²) in [6, 6.07) is 5.45. The number of methoxy groups -OCH3 is 1. The van der Waals surface area contributed by atoms with Gasteiger partial charge in [0.15, 0.2) is 5.75 Å². The van der Waals surface area contributed by atoms with E-state index in [-0.39, 0.29) is 5.89 Å². The molecule has 7 heteroatoms. The summed E-state index contributed by atoms with van der Waals surface area (Å²) in [5.41, 5.74) is 1.13. The van der Waals surface area contributed by atoms with Crippen LogP contribution in [0.25, 0.3) is 23.0 Å². The zero-order valence-electron chi connectivity index (χ0n) is 10.4. The number of ether oxygens (including phenoxy) is 1. The van der Waals surface area contributed by atoms with Gasteiger partial charge in [0.1, 0.15) is 11.3 Å². The van der Waals surface area contributed by atoms with Crippen molar-refractivity contribution in [3.05, 3.63) is 41.8 Å². The van der Waals surface area contributed by atoms with Crippen molar-refractivity contribution in [2.75, 3.05) is 7.11 Å². The van der Waals surface area contributed by atoms with Gasteiger partial charge < -0.3 is 9.26 Å². The van der Waals surface area contributed by atoms with Crippen LogP contribution in [0.1, 0.15) is 0 Å². The number of hydrogen-bond acceptors (Lipinski definition) is 6. The lowest BCUT2D eigenvalue weighted by Crippen LogP contribution is -1.91. The second-order valence-corrected chi connectivity index (χ2v) is 4.24. The standard InChI is InChI=1S/C13H9ClN4O2/c1-19-10-7-15-6-8(14)11(10)13-17-12(18-20-13)9-4-2-3-5-16-9/h2-7H,1H3. The number of aromatic nitrogens is 4. The Bertz CT molecular complexity index is 730. The molecule has 6 nitrogen and oxygen atoms in total. The van der Waals surface area contributed by atoms with Crippen molar-refractivity contribution in [3.8, 4) is 28.7 Å². The first-order valence-corrected chi connectivity index (χ1v) is 6.10. The molecular formula is C13H9ClN4O2. The van der Waals surface area contributed by atoms with E-state index in [1.54, 1.807) is 12.3 Å². The Labute approximate surface area is 119 Å². The summed E-state index contributed by atoms with van der Waals surface area (Å²) in [7, 11) is 1.52. The van der Waals surface area contributed by atoms with Crippen molar-refractivity contribution < 1.29 is 9.26 Å². The van der Waals surface area contributed by atoms with Gasteiger partial charge in [0.25, 0.3) is 5.89 Å². The average Bonchev–Trinajstić information content (AvgIpc) is 2.97. The largest absolute Gasteiger partial charge is 0.494 e. The molecule has 0 saturated carbocycles. The number of pyridine rings is 2. The maximum Gasteiger partial charge on any atom is 0.263 e. The third-order valence-corrected chi connectivity index (χ3v) is 2.91. The molecule has 0 radical (unpaired) electrons. The molecule has 100 valence electrons. The summed E-state index contributed by atoms with van der Waals surface area (Å²) in [4.78, 5) is 12.4. The molecular weight excluding hydrogens is 280 g/mol. The van der Waals surface area contributed by atoms with Crippen molar-refractivity contribution >= 4 is 11.6 Å². The second-order valence-electron chi connectivity index (χ2n) is 3.84. The van der Waals surface area contributed by atoms with Gasteiger partial charge in [-0.15, -0.1) is 0 Å². The van der Waals surface area contributed by atoms with Gasteiger partial charge >= 0.3 is 0 Å². The van der Waals surface area contributed by atoms with Gasteiger partial charge in [-0.2, -0.15) is 4.98 Å². The van der Waals surface area contributed by atoms with Crippen LogP contribution in [0, 0.1) is 0 Å². The summed E-state index contributed by atoms with van der Waals surface area (Å²) in [6.45, 7) is 0. The first-order chi connectivity index (χ1) is 9.79. The SMILES string of the molecule is COc1cncc(Cl)c1-c1nc(-c2ccccn2)no1. The monoisotopic (exact) mass is 288 g/mol. The molecule has 0 aliphatic rings. The summed E-state index contributed by atoms with van der Waals surface area (Å²) >= 11 is 6.11. The van der Waals surface area contributed by atoms with Crippen LogP contribution in [0.3, 0.4) is 0 Å². The molecule has 0 aliphatic heterocycles. The Balaban J connectivity index is 2.07. The summed E-state index contributed by atoms with van der Waals surface area (Å²) < 4.78 is 10.4. The fourth-order valence-corrected chi connectivity index (χ4v) is 1.93. The Morgan fingerprint density at radius 2 is 2.15 bits per heavy atom. The van der Waals surface area contributed by atoms with Crippen LogP contribution in [0.5, 0.6) is 5.75 Å². The van der Waals surface area contributed by atoms with Crippen LogP contribution in [-0.4, -0.2) is 27.2 Å². The topological polar surface area (TPSA) is 73.9 Å². The van der Waals surface area contributed by atoms with E-state index in [1.165, 1.54) is 19.5 Å². The molecule has 20 heavy (non-hydrogen) atoms. The zero-order valence-corrected chi connectivity index (χ0v) is 11.2. The lowest BCUT2D eigenvalue weighted by atomic mass is 10.2. The molecule has 3 aromatic heterocycles. The zero-order chi connectivity index (χ0) is 13.9. The molecule has 0 aromatic carbocycles. The molecule has 0 aliphatic carbocycles. The fraction of sp³-hybridized carbons (Fsp3) is 0.0769. The third-order valence-electron chi connectivity index (χ3n) is 2.62. The molecule has 0 fully saturated rings. The Hall–Kier alpha value is -2.47. The van der Waals surface area contributed by atoms with E-state index in [1.807, 2.05) is 12.1 Å². The molecule has 0 unspecified atom stereocenters. The van der Waals surface area contributed by atoms with E-state index in [2.05, 4.69) is 20.1 Å². The molecule has 0 bridgehead atoms. The van der Waals surface area contributed by atoms with E-state index in [4.69, 9.17) is 20.9 Å². The number of nitrogens with zero attached hydrogens (tertiary/aromatic N) is 4. The van der Waals surface area contributed by atoms with Gasteiger partial charge in [0, 0.05) is 12.4 Å². The Morgan fingerprint density at radius 1 is 1.25 bits per heavy atom. The van der Waals surface area contributed by atoms with E-state index in [0.29, 0.717) is 27.9 Å². The van der Waals surface area contributed by atoms with Crippen molar-refractivity contribution in [2.45, 2.75) is 0 Å². The van der Waals surface area contributed by atoms with Crippen LogP contribution in [-0.2, 0) is 0 Å². The highest BCUT2D eigenvalue weighted by Gasteiger charge is 2.18. The summed E-state index contributed by atoms with van der Waals surface area (Å²) in [6.07, 6.45) is 4.68. The Kier molecular flexibility index (Phi) is 3.30. The maximum absolute atomic E-state index is 6.11. The van der Waals surface area contributed by atoms with Crippen molar-refractivity contribution in [2.24, 2.45) is 0 Å². The van der Waals surface area contributed by atoms with Gasteiger partial charge in [-0.1, -0.05) is 22.8 Å². The molecule has 0 saturated heterocycles. The molecule has 0 atom stereocenters. The van der Waals surface area contributed by atoms with E-state index in [9.17, 15) is 0 Å². The van der Waals surface area contributed by atoms with Crippen LogP contribution in [0.15, 0.2) is 41.3 Å². The highest BCUT2D eigenvalue weighted by atomic mass is 35.5. The van der Waals surface area contributed by atoms with Crippen LogP contribution < -0.4 is 4.74 Å². The van der Waals surface area contributed by atoms with Gasteiger partial charge in [-0.3, -0.25) is 9.97 Å². The molecule has 0 amide bonds. The molecule has 3 rings (SSSR count). The minimum atomic E-state index is 0.259. The van der Waals surface area contributed by atoms with Crippen molar-refractivity contribution in [1.29, 1.82) is 0 Å². The first-order valence-electron chi connectivity index (χ1n) is 5.72. The maximum atomic E-state index is 6.11. The first kappa shape index (κ1) is 12.6. The number of halogens is 1. The molecule has 3 aromatic rings. The smallest absolute Gasteiger partial charge is 0.263 e. The molecule has 3 heterocycles. The van der Waals surface area contributed by atoms with E-state index in [0.717, 1.165) is 0 Å². The number of hydrogen-bond donors (Lipinski definition) is 0. The third kappa shape index (κ3) is 2.21. The van der Waals surface area contributed by atoms with E-state index >= 15 is 0 Å². The second kappa shape index (κ2) is 5.26. The predicted octanol–water partition coefficient (Wildman–Crippen LogP) is 2.86. The molecule has 0 N–H and O–H groups in total. The molecule has 0 spiro atoms. The normalized spacial score (nSPS) is 10.5. The van der Waals surface area contributed by atoms with Crippen LogP contribution in [0.2, 0.25) is 5.02 Å². The fourth-order valence-electron chi connectivity index (χ4n) is 1.70. The van der Waals surface area contributed by atoms with Gasteiger partial charge in [-0.25, -0.2) is 0 Å². The minimum Gasteiger partial charge on any atom is -0.494 e. The van der Waals surface area contributed by atoms with Crippen LogP contribution in [0.4, 0.5) is 0 Å². The summed E-state index contributed by atoms with van der Waals surface area (Å²) in [5.74, 6) is 1.11. The average molecular weight is 289 g/mol. The quantitative estimate of drug-likeness (QED) is 0.738. The van der Waals surface area contributed by atoms with Crippen molar-refractivity contribution in [3.63, 3.8) is 0 Å². The lowest BCUT2D eigenvalue weighted by molar-refractivity contribution is 0.404. The highest BCUT2D eigenvalue weighted by molar-refractivity contribution is 6.33. The van der Waals surface area contributed by atoms with Gasteiger partial charge in [0.05, 0.1) is 18.3 Å². The number of rotatable bonds is 3. The Morgan fingerprint density at radius 3 is 2.90 bits per heavy atom.